The molecule has 0 aliphatic carbocycles. The number of hydrogen-bond donors (Lipinski definition) is 1. The number of nitrogens with zero attached hydrogens (tertiary/aromatic N) is 4. The number of aromatic nitrogens is 3. The normalized spacial score (nSPS) is 10.6. The molecule has 0 spiro atoms. The fraction of sp³-hybridized carbons (Fsp3) is 0.133. The number of aliphatic hydroxyl groups excluding tert-OH is 1. The van der Waals surface area contributed by atoms with Gasteiger partial charge in [-0.15, -0.1) is 0 Å². The van der Waals surface area contributed by atoms with Gasteiger partial charge in [-0.3, -0.25) is 0 Å². The second kappa shape index (κ2) is 5.11. The summed E-state index contributed by atoms with van der Waals surface area (Å²) in [5.74, 6) is 0.548. The summed E-state index contributed by atoms with van der Waals surface area (Å²) in [5.41, 5.74) is 2.96. The Kier molecular flexibility index (Phi) is 3.15. The molecule has 2 heterocycles. The Morgan fingerprint density at radius 2 is 2.05 bits per heavy atom. The van der Waals surface area contributed by atoms with E-state index < -0.39 is 0 Å². The molecule has 5 nitrogen and oxygen atoms in total. The molecule has 0 saturated carbocycles. The second-order valence-corrected chi connectivity index (χ2v) is 4.39. The molecular formula is C15H12N4O. The van der Waals surface area contributed by atoms with Gasteiger partial charge in [0, 0.05) is 6.20 Å². The predicted molar refractivity (Wildman–Crippen MR) is 73.7 cm³/mol. The van der Waals surface area contributed by atoms with Crippen LogP contribution < -0.4 is 0 Å². The number of benzene rings is 1. The topological polar surface area (TPSA) is 74.7 Å². The van der Waals surface area contributed by atoms with Crippen molar-refractivity contribution >= 4 is 11.2 Å². The highest BCUT2D eigenvalue weighted by atomic mass is 16.3. The SMILES string of the molecule is N#Cc1ccccc1Cn1c(CO)nc2cccnc21. The Hall–Kier alpha value is -2.71. The zero-order valence-corrected chi connectivity index (χ0v) is 10.7. The van der Waals surface area contributed by atoms with Gasteiger partial charge in [0.15, 0.2) is 5.65 Å². The van der Waals surface area contributed by atoms with E-state index in [4.69, 9.17) is 5.26 Å². The highest BCUT2D eigenvalue weighted by Crippen LogP contribution is 2.17. The number of imidazole rings is 1. The maximum Gasteiger partial charge on any atom is 0.160 e. The molecule has 0 atom stereocenters. The lowest BCUT2D eigenvalue weighted by molar-refractivity contribution is 0.267. The van der Waals surface area contributed by atoms with Gasteiger partial charge >= 0.3 is 0 Å². The van der Waals surface area contributed by atoms with Crippen molar-refractivity contribution in [2.24, 2.45) is 0 Å². The summed E-state index contributed by atoms with van der Waals surface area (Å²) in [6, 6.07) is 13.2. The van der Waals surface area contributed by atoms with Crippen molar-refractivity contribution in [2.45, 2.75) is 13.2 Å². The predicted octanol–water partition coefficient (Wildman–Crippen LogP) is 1.84. The third-order valence-corrected chi connectivity index (χ3v) is 3.19. The minimum atomic E-state index is -0.162. The van der Waals surface area contributed by atoms with Crippen LogP contribution in [0.25, 0.3) is 11.2 Å². The maximum atomic E-state index is 9.45. The first-order valence-electron chi connectivity index (χ1n) is 6.22. The van der Waals surface area contributed by atoms with Crippen LogP contribution >= 0.6 is 0 Å². The summed E-state index contributed by atoms with van der Waals surface area (Å²) in [7, 11) is 0. The van der Waals surface area contributed by atoms with Gasteiger partial charge in [-0.2, -0.15) is 5.26 Å². The molecule has 2 aromatic heterocycles. The molecule has 1 aromatic carbocycles. The van der Waals surface area contributed by atoms with E-state index in [1.807, 2.05) is 34.9 Å². The molecule has 1 N–H and O–H groups in total. The zero-order chi connectivity index (χ0) is 13.9. The van der Waals surface area contributed by atoms with Crippen molar-refractivity contribution < 1.29 is 5.11 Å². The molecule has 0 fully saturated rings. The summed E-state index contributed by atoms with van der Waals surface area (Å²) in [4.78, 5) is 8.66. The van der Waals surface area contributed by atoms with Crippen LogP contribution in [0.2, 0.25) is 0 Å². The summed E-state index contributed by atoms with van der Waals surface area (Å²) in [6.45, 7) is 0.304. The maximum absolute atomic E-state index is 9.45. The van der Waals surface area contributed by atoms with E-state index in [0.717, 1.165) is 11.1 Å². The van der Waals surface area contributed by atoms with Crippen molar-refractivity contribution in [1.29, 1.82) is 5.26 Å². The van der Waals surface area contributed by atoms with E-state index in [0.29, 0.717) is 23.6 Å². The molecule has 0 aliphatic rings. The summed E-state index contributed by atoms with van der Waals surface area (Å²) in [6.07, 6.45) is 1.69. The lowest BCUT2D eigenvalue weighted by Gasteiger charge is -2.08. The second-order valence-electron chi connectivity index (χ2n) is 4.39. The van der Waals surface area contributed by atoms with E-state index in [1.54, 1.807) is 12.3 Å². The van der Waals surface area contributed by atoms with E-state index >= 15 is 0 Å². The first-order valence-corrected chi connectivity index (χ1v) is 6.22. The standard InChI is InChI=1S/C15H12N4O/c16-8-11-4-1-2-5-12(11)9-19-14(10-20)18-13-6-3-7-17-15(13)19/h1-7,20H,9-10H2. The first kappa shape index (κ1) is 12.3. The van der Waals surface area contributed by atoms with Crippen LogP contribution in [-0.2, 0) is 13.2 Å². The van der Waals surface area contributed by atoms with Crippen molar-refractivity contribution in [3.8, 4) is 6.07 Å². The molecule has 20 heavy (non-hydrogen) atoms. The Morgan fingerprint density at radius 1 is 1.20 bits per heavy atom. The van der Waals surface area contributed by atoms with Crippen molar-refractivity contribution in [3.63, 3.8) is 0 Å². The van der Waals surface area contributed by atoms with Gasteiger partial charge in [0.25, 0.3) is 0 Å². The Balaban J connectivity index is 2.13. The number of pyridine rings is 1. The lowest BCUT2D eigenvalue weighted by atomic mass is 10.1. The number of aliphatic hydroxyl groups is 1. The lowest BCUT2D eigenvalue weighted by Crippen LogP contribution is -2.07. The molecule has 0 saturated heterocycles. The minimum absolute atomic E-state index is 0.162. The Bertz CT molecular complexity index is 801. The molecular weight excluding hydrogens is 252 g/mol. The van der Waals surface area contributed by atoms with Crippen LogP contribution in [0.4, 0.5) is 0 Å². The molecule has 0 aliphatic heterocycles. The number of fused-ring (bicyclic) bond motifs is 1. The average molecular weight is 264 g/mol. The van der Waals surface area contributed by atoms with Crippen molar-refractivity contribution in [2.75, 3.05) is 0 Å². The zero-order valence-electron chi connectivity index (χ0n) is 10.7. The Morgan fingerprint density at radius 3 is 2.85 bits per heavy atom. The molecule has 3 rings (SSSR count). The molecule has 0 radical (unpaired) electrons. The van der Waals surface area contributed by atoms with Gasteiger partial charge in [0.05, 0.1) is 18.2 Å². The molecule has 5 heteroatoms. The summed E-state index contributed by atoms with van der Waals surface area (Å²) < 4.78 is 1.84. The monoisotopic (exact) mass is 264 g/mol. The van der Waals surface area contributed by atoms with Crippen LogP contribution in [0.3, 0.4) is 0 Å². The third kappa shape index (κ3) is 2.02. The number of rotatable bonds is 3. The van der Waals surface area contributed by atoms with Gasteiger partial charge in [-0.25, -0.2) is 9.97 Å². The molecule has 0 amide bonds. The number of nitriles is 1. The summed E-state index contributed by atoms with van der Waals surface area (Å²) >= 11 is 0. The van der Waals surface area contributed by atoms with Gasteiger partial charge in [0.1, 0.15) is 17.9 Å². The summed E-state index contributed by atoms with van der Waals surface area (Å²) in [5, 5.41) is 18.6. The number of hydrogen-bond acceptors (Lipinski definition) is 4. The van der Waals surface area contributed by atoms with Crippen molar-refractivity contribution in [1.82, 2.24) is 14.5 Å². The van der Waals surface area contributed by atoms with E-state index in [9.17, 15) is 5.11 Å². The van der Waals surface area contributed by atoms with Crippen LogP contribution in [0.5, 0.6) is 0 Å². The average Bonchev–Trinajstić information content (AvgIpc) is 2.86. The van der Waals surface area contributed by atoms with Crippen molar-refractivity contribution in [3.05, 3.63) is 59.5 Å². The highest BCUT2D eigenvalue weighted by molar-refractivity contribution is 5.71. The molecule has 98 valence electrons. The third-order valence-electron chi connectivity index (χ3n) is 3.19. The quantitative estimate of drug-likeness (QED) is 0.783. The van der Waals surface area contributed by atoms with Crippen LogP contribution in [0.15, 0.2) is 42.6 Å². The largest absolute Gasteiger partial charge is 0.388 e. The molecule has 0 bridgehead atoms. The van der Waals surface area contributed by atoms with E-state index in [-0.39, 0.29) is 6.61 Å². The molecule has 3 aromatic rings. The van der Waals surface area contributed by atoms with Crippen LogP contribution in [0.1, 0.15) is 17.0 Å². The van der Waals surface area contributed by atoms with Crippen LogP contribution in [0, 0.1) is 11.3 Å². The molecule has 0 unspecified atom stereocenters. The Labute approximate surface area is 115 Å². The van der Waals surface area contributed by atoms with Gasteiger partial charge in [-0.1, -0.05) is 18.2 Å². The first-order chi connectivity index (χ1) is 9.83. The minimum Gasteiger partial charge on any atom is -0.388 e. The highest BCUT2D eigenvalue weighted by Gasteiger charge is 2.12. The van der Waals surface area contributed by atoms with Gasteiger partial charge < -0.3 is 9.67 Å². The smallest absolute Gasteiger partial charge is 0.160 e. The van der Waals surface area contributed by atoms with Gasteiger partial charge in [0.2, 0.25) is 0 Å². The fourth-order valence-electron chi connectivity index (χ4n) is 2.23. The van der Waals surface area contributed by atoms with Crippen LogP contribution in [-0.4, -0.2) is 19.6 Å². The fourth-order valence-corrected chi connectivity index (χ4v) is 2.23. The van der Waals surface area contributed by atoms with E-state index in [2.05, 4.69) is 16.0 Å². The van der Waals surface area contributed by atoms with Gasteiger partial charge in [-0.05, 0) is 23.8 Å². The van der Waals surface area contributed by atoms with E-state index in [1.165, 1.54) is 0 Å².